The molecule has 0 spiro atoms. The monoisotopic (exact) mass is 334 g/mol. The summed E-state index contributed by atoms with van der Waals surface area (Å²) >= 11 is 0. The number of hydrogen-bond acceptors (Lipinski definition) is 5. The van der Waals surface area contributed by atoms with Gasteiger partial charge in [0.2, 0.25) is 0 Å². The van der Waals surface area contributed by atoms with E-state index in [1.165, 1.54) is 0 Å². The highest BCUT2D eigenvalue weighted by atomic mass is 16.6. The van der Waals surface area contributed by atoms with Crippen molar-refractivity contribution in [2.75, 3.05) is 19.6 Å². The number of ether oxygens (including phenoxy) is 1. The van der Waals surface area contributed by atoms with Crippen LogP contribution in [0.2, 0.25) is 0 Å². The highest BCUT2D eigenvalue weighted by Gasteiger charge is 2.29. The fourth-order valence-corrected chi connectivity index (χ4v) is 2.79. The second-order valence-corrected chi connectivity index (χ2v) is 7.22. The maximum absolute atomic E-state index is 12.3. The molecule has 0 aliphatic carbocycles. The molecule has 1 fully saturated rings. The molecular weight excluding hydrogens is 308 g/mol. The third-order valence-electron chi connectivity index (χ3n) is 3.69. The summed E-state index contributed by atoms with van der Waals surface area (Å²) in [5, 5.41) is 12.8. The molecule has 2 atom stereocenters. The Bertz CT molecular complexity index is 568. The smallest absolute Gasteiger partial charge is 0.407 e. The summed E-state index contributed by atoms with van der Waals surface area (Å²) in [4.78, 5) is 26.1. The van der Waals surface area contributed by atoms with Crippen LogP contribution in [0.5, 0.6) is 0 Å². The molecule has 0 radical (unpaired) electrons. The number of amides is 1. The summed E-state index contributed by atoms with van der Waals surface area (Å²) in [6.45, 7) is 6.54. The van der Waals surface area contributed by atoms with Crippen molar-refractivity contribution in [3.8, 4) is 0 Å². The first-order valence-corrected chi connectivity index (χ1v) is 8.21. The van der Waals surface area contributed by atoms with E-state index in [1.807, 2.05) is 23.1 Å². The number of aliphatic hydroxyl groups is 1. The summed E-state index contributed by atoms with van der Waals surface area (Å²) in [7, 11) is 0. The van der Waals surface area contributed by atoms with Crippen LogP contribution in [0.3, 0.4) is 0 Å². The number of nitrogens with zero attached hydrogens (tertiary/aromatic N) is 1. The van der Waals surface area contributed by atoms with Crippen molar-refractivity contribution in [2.24, 2.45) is 0 Å². The quantitative estimate of drug-likeness (QED) is 0.821. The molecule has 24 heavy (non-hydrogen) atoms. The van der Waals surface area contributed by atoms with Crippen molar-refractivity contribution in [1.82, 2.24) is 10.2 Å². The molecule has 0 aromatic heterocycles. The number of alkyl carbamates (subject to hydrolysis) is 1. The zero-order valence-corrected chi connectivity index (χ0v) is 14.5. The molecule has 1 amide bonds. The molecule has 1 aliphatic heterocycles. The van der Waals surface area contributed by atoms with Gasteiger partial charge in [-0.15, -0.1) is 0 Å². The van der Waals surface area contributed by atoms with Gasteiger partial charge < -0.3 is 15.2 Å². The second-order valence-electron chi connectivity index (χ2n) is 7.22. The molecule has 1 aliphatic rings. The van der Waals surface area contributed by atoms with Crippen molar-refractivity contribution in [1.29, 1.82) is 0 Å². The Kier molecular flexibility index (Phi) is 5.96. The SMILES string of the molecule is CC(C)(C)OC(=O)NC1CC(O)CN(CC(=O)c2ccccc2)C1. The zero-order chi connectivity index (χ0) is 17.7. The van der Waals surface area contributed by atoms with Crippen LogP contribution < -0.4 is 5.32 Å². The average molecular weight is 334 g/mol. The lowest BCUT2D eigenvalue weighted by atomic mass is 10.0. The van der Waals surface area contributed by atoms with Crippen LogP contribution in [0.1, 0.15) is 37.6 Å². The van der Waals surface area contributed by atoms with Gasteiger partial charge in [0.15, 0.2) is 5.78 Å². The van der Waals surface area contributed by atoms with Crippen molar-refractivity contribution >= 4 is 11.9 Å². The number of rotatable bonds is 4. The molecule has 1 aromatic rings. The molecule has 2 N–H and O–H groups in total. The summed E-state index contributed by atoms with van der Waals surface area (Å²) < 4.78 is 5.24. The van der Waals surface area contributed by atoms with E-state index in [9.17, 15) is 14.7 Å². The first kappa shape index (κ1) is 18.4. The van der Waals surface area contributed by atoms with Gasteiger partial charge in [0, 0.05) is 24.7 Å². The number of piperidine rings is 1. The highest BCUT2D eigenvalue weighted by Crippen LogP contribution is 2.14. The van der Waals surface area contributed by atoms with Gasteiger partial charge in [-0.05, 0) is 27.2 Å². The molecule has 0 saturated carbocycles. The van der Waals surface area contributed by atoms with Gasteiger partial charge in [-0.1, -0.05) is 30.3 Å². The standard InChI is InChI=1S/C18H26N2O4/c1-18(2,3)24-17(23)19-14-9-15(21)11-20(10-14)12-16(22)13-7-5-4-6-8-13/h4-8,14-15,21H,9-12H2,1-3H3,(H,19,23). The first-order valence-electron chi connectivity index (χ1n) is 8.21. The number of β-amino-alcohol motifs (C(OH)–C–C–N with tert-alkyl or cyclic N) is 1. The number of aliphatic hydroxyl groups excluding tert-OH is 1. The normalized spacial score (nSPS) is 22.0. The maximum atomic E-state index is 12.3. The molecule has 0 bridgehead atoms. The van der Waals surface area contributed by atoms with E-state index in [4.69, 9.17) is 4.74 Å². The third kappa shape index (κ3) is 5.94. The van der Waals surface area contributed by atoms with E-state index in [0.717, 1.165) is 0 Å². The minimum atomic E-state index is -0.581. The molecule has 1 aromatic carbocycles. The number of carbonyl (C=O) groups is 2. The lowest BCUT2D eigenvalue weighted by Crippen LogP contribution is -2.54. The fraction of sp³-hybridized carbons (Fsp3) is 0.556. The third-order valence-corrected chi connectivity index (χ3v) is 3.69. The number of nitrogens with one attached hydrogen (secondary N) is 1. The molecule has 1 saturated heterocycles. The van der Waals surface area contributed by atoms with Gasteiger partial charge in [-0.3, -0.25) is 9.69 Å². The van der Waals surface area contributed by atoms with Crippen LogP contribution in [0, 0.1) is 0 Å². The fourth-order valence-electron chi connectivity index (χ4n) is 2.79. The molecule has 132 valence electrons. The van der Waals surface area contributed by atoms with Gasteiger partial charge in [-0.25, -0.2) is 4.79 Å². The molecule has 2 rings (SSSR count). The first-order chi connectivity index (χ1) is 11.2. The van der Waals surface area contributed by atoms with Crippen LogP contribution in [-0.2, 0) is 4.74 Å². The van der Waals surface area contributed by atoms with Gasteiger partial charge in [-0.2, -0.15) is 0 Å². The predicted octanol–water partition coefficient (Wildman–Crippen LogP) is 1.83. The number of ketones is 1. The number of carbonyl (C=O) groups excluding carboxylic acids is 2. The zero-order valence-electron chi connectivity index (χ0n) is 14.5. The topological polar surface area (TPSA) is 78.9 Å². The van der Waals surface area contributed by atoms with E-state index in [1.54, 1.807) is 32.9 Å². The van der Waals surface area contributed by atoms with Crippen LogP contribution in [0.25, 0.3) is 0 Å². The minimum absolute atomic E-state index is 0.000665. The molecule has 2 unspecified atom stereocenters. The Morgan fingerprint density at radius 3 is 2.54 bits per heavy atom. The molecular formula is C18H26N2O4. The summed E-state index contributed by atoms with van der Waals surface area (Å²) in [5.74, 6) is 0.000665. The van der Waals surface area contributed by atoms with Crippen molar-refractivity contribution in [3.63, 3.8) is 0 Å². The molecule has 6 nitrogen and oxygen atoms in total. The maximum Gasteiger partial charge on any atom is 0.407 e. The Labute approximate surface area is 142 Å². The van der Waals surface area contributed by atoms with Gasteiger partial charge in [0.1, 0.15) is 5.60 Å². The van der Waals surface area contributed by atoms with E-state index in [0.29, 0.717) is 25.1 Å². The highest BCUT2D eigenvalue weighted by molar-refractivity contribution is 5.97. The number of hydrogen-bond donors (Lipinski definition) is 2. The Balaban J connectivity index is 1.90. The number of likely N-dealkylation sites (tertiary alicyclic amines) is 1. The molecule has 6 heteroatoms. The van der Waals surface area contributed by atoms with Crippen LogP contribution in [-0.4, -0.2) is 59.3 Å². The molecule has 1 heterocycles. The Hall–Kier alpha value is -1.92. The summed E-state index contributed by atoms with van der Waals surface area (Å²) in [6, 6.07) is 8.82. The average Bonchev–Trinajstić information content (AvgIpc) is 2.45. The van der Waals surface area contributed by atoms with E-state index in [-0.39, 0.29) is 18.4 Å². The van der Waals surface area contributed by atoms with Crippen LogP contribution in [0.4, 0.5) is 4.79 Å². The lowest BCUT2D eigenvalue weighted by Gasteiger charge is -2.35. The van der Waals surface area contributed by atoms with Crippen molar-refractivity contribution < 1.29 is 19.4 Å². The minimum Gasteiger partial charge on any atom is -0.444 e. The Morgan fingerprint density at radius 2 is 1.92 bits per heavy atom. The summed E-state index contributed by atoms with van der Waals surface area (Å²) in [6.07, 6.45) is -0.631. The van der Waals surface area contributed by atoms with Gasteiger partial charge >= 0.3 is 6.09 Å². The van der Waals surface area contributed by atoms with E-state index < -0.39 is 17.8 Å². The van der Waals surface area contributed by atoms with Crippen molar-refractivity contribution in [2.45, 2.75) is 44.9 Å². The van der Waals surface area contributed by atoms with Gasteiger partial charge in [0.25, 0.3) is 0 Å². The second kappa shape index (κ2) is 7.77. The van der Waals surface area contributed by atoms with Gasteiger partial charge in [0.05, 0.1) is 12.6 Å². The lowest BCUT2D eigenvalue weighted by molar-refractivity contribution is 0.0314. The summed E-state index contributed by atoms with van der Waals surface area (Å²) in [5.41, 5.74) is 0.0783. The number of benzene rings is 1. The Morgan fingerprint density at radius 1 is 1.25 bits per heavy atom. The largest absolute Gasteiger partial charge is 0.444 e. The number of Topliss-reactive ketones (excluding diaryl/α,β-unsaturated/α-hetero) is 1. The van der Waals surface area contributed by atoms with Crippen molar-refractivity contribution in [3.05, 3.63) is 35.9 Å². The van der Waals surface area contributed by atoms with Crippen LogP contribution in [0.15, 0.2) is 30.3 Å². The van der Waals surface area contributed by atoms with E-state index >= 15 is 0 Å². The van der Waals surface area contributed by atoms with Crippen LogP contribution >= 0.6 is 0 Å². The predicted molar refractivity (Wildman–Crippen MR) is 91.0 cm³/mol. The van der Waals surface area contributed by atoms with E-state index in [2.05, 4.69) is 5.32 Å².